The van der Waals surface area contributed by atoms with E-state index in [9.17, 15) is 0 Å². The lowest BCUT2D eigenvalue weighted by Crippen LogP contribution is -2.22. The van der Waals surface area contributed by atoms with Gasteiger partial charge in [0.05, 0.1) is 11.4 Å². The Morgan fingerprint density at radius 1 is 0.361 bits per heavy atom. The van der Waals surface area contributed by atoms with E-state index in [2.05, 4.69) is 201 Å². The van der Waals surface area contributed by atoms with Crippen LogP contribution in [-0.2, 0) is 5.41 Å². The van der Waals surface area contributed by atoms with E-state index < -0.39 is 0 Å². The van der Waals surface area contributed by atoms with Crippen LogP contribution < -0.4 is 0 Å². The zero-order chi connectivity index (χ0) is 40.5. The molecule has 2 heterocycles. The minimum absolute atomic E-state index is 0.294. The summed E-state index contributed by atoms with van der Waals surface area (Å²) in [5.74, 6) is 0.712. The predicted molar refractivity (Wildman–Crippen MR) is 257 cm³/mol. The van der Waals surface area contributed by atoms with Gasteiger partial charge in [0, 0.05) is 42.3 Å². The average Bonchev–Trinajstić information content (AvgIpc) is 3.84. The molecule has 0 amide bonds. The van der Waals surface area contributed by atoms with E-state index in [1.54, 1.807) is 0 Å². The summed E-state index contributed by atoms with van der Waals surface area (Å²) in [7, 11) is 0. The van der Waals surface area contributed by atoms with Gasteiger partial charge >= 0.3 is 0 Å². The molecule has 0 aliphatic heterocycles. The fraction of sp³-hybridized carbons (Fsp3) is 0.0345. The van der Waals surface area contributed by atoms with Gasteiger partial charge in [-0.15, -0.1) is 11.3 Å². The smallest absolute Gasteiger partial charge is 0.160 e. The van der Waals surface area contributed by atoms with Crippen molar-refractivity contribution in [2.24, 2.45) is 0 Å². The first-order chi connectivity index (χ1) is 30.1. The van der Waals surface area contributed by atoms with Crippen molar-refractivity contribution < 1.29 is 0 Å². The molecule has 2 nitrogen and oxygen atoms in total. The van der Waals surface area contributed by atoms with E-state index in [1.165, 1.54) is 81.0 Å². The van der Waals surface area contributed by atoms with Crippen molar-refractivity contribution in [2.45, 2.75) is 12.3 Å². The predicted octanol–water partition coefficient (Wildman–Crippen LogP) is 15.7. The number of aromatic nitrogens is 2. The molecule has 0 saturated carbocycles. The van der Waals surface area contributed by atoms with Crippen LogP contribution in [0.4, 0.5) is 0 Å². The molecule has 61 heavy (non-hydrogen) atoms. The Bertz CT molecular complexity index is 3480. The number of benzene rings is 9. The van der Waals surface area contributed by atoms with Crippen LogP contribution in [-0.4, -0.2) is 9.97 Å². The third kappa shape index (κ3) is 5.92. The van der Waals surface area contributed by atoms with Crippen molar-refractivity contribution in [3.8, 4) is 67.3 Å². The molecule has 9 aromatic carbocycles. The monoisotopic (exact) mass is 794 g/mol. The molecule has 12 rings (SSSR count). The van der Waals surface area contributed by atoms with Crippen molar-refractivity contribution in [2.75, 3.05) is 0 Å². The summed E-state index contributed by atoms with van der Waals surface area (Å²) in [6.45, 7) is 2.36. The van der Waals surface area contributed by atoms with Crippen LogP contribution in [0.5, 0.6) is 0 Å². The lowest BCUT2D eigenvalue weighted by molar-refractivity contribution is 0.714. The van der Waals surface area contributed by atoms with Crippen molar-refractivity contribution in [3.63, 3.8) is 0 Å². The van der Waals surface area contributed by atoms with Gasteiger partial charge in [0.15, 0.2) is 5.82 Å². The van der Waals surface area contributed by atoms with Crippen LogP contribution in [0.2, 0.25) is 0 Å². The quantitative estimate of drug-likeness (QED) is 0.168. The number of fused-ring (bicyclic) bond motifs is 7. The highest BCUT2D eigenvalue weighted by Gasteiger charge is 2.40. The Balaban J connectivity index is 0.889. The maximum absolute atomic E-state index is 5.23. The molecule has 0 radical (unpaired) electrons. The first kappa shape index (κ1) is 35.5. The zero-order valence-corrected chi connectivity index (χ0v) is 34.3. The van der Waals surface area contributed by atoms with Gasteiger partial charge in [-0.2, -0.15) is 0 Å². The summed E-state index contributed by atoms with van der Waals surface area (Å²) in [6, 6.07) is 77.0. The third-order valence-electron chi connectivity index (χ3n) is 12.8. The minimum atomic E-state index is -0.294. The van der Waals surface area contributed by atoms with Gasteiger partial charge < -0.3 is 0 Å². The minimum Gasteiger partial charge on any atom is -0.228 e. The van der Waals surface area contributed by atoms with E-state index in [0.717, 1.165) is 28.1 Å². The highest BCUT2D eigenvalue weighted by atomic mass is 32.1. The van der Waals surface area contributed by atoms with E-state index in [1.807, 2.05) is 29.5 Å². The maximum Gasteiger partial charge on any atom is 0.160 e. The van der Waals surface area contributed by atoms with Crippen LogP contribution in [0.25, 0.3) is 98.2 Å². The summed E-state index contributed by atoms with van der Waals surface area (Å²) in [5, 5.41) is 5.12. The molecule has 11 aromatic rings. The Kier molecular flexibility index (Phi) is 8.19. The molecule has 1 aliphatic rings. The molecule has 0 saturated heterocycles. The number of thiophene rings is 1. The summed E-state index contributed by atoms with van der Waals surface area (Å²) >= 11 is 1.87. The SMILES string of the molecule is CC1(c2ccccc2)c2ccccc2-c2ccc(-c3cc(-c4ccc(-c5ccc6cc(-c7ccc8c(c7)sc7ccccc78)ccc6c5)cc4)nc(-c4ccccc4)n3)cc21. The van der Waals surface area contributed by atoms with Crippen LogP contribution in [0.3, 0.4) is 0 Å². The number of rotatable bonds is 6. The summed E-state index contributed by atoms with van der Waals surface area (Å²) in [5.41, 5.74) is 15.9. The zero-order valence-electron chi connectivity index (χ0n) is 33.5. The summed E-state index contributed by atoms with van der Waals surface area (Å²) in [4.78, 5) is 10.4. The highest BCUT2D eigenvalue weighted by Crippen LogP contribution is 2.53. The van der Waals surface area contributed by atoms with Crippen molar-refractivity contribution >= 4 is 42.3 Å². The van der Waals surface area contributed by atoms with Gasteiger partial charge in [-0.25, -0.2) is 9.97 Å². The van der Waals surface area contributed by atoms with Gasteiger partial charge in [0.1, 0.15) is 0 Å². The van der Waals surface area contributed by atoms with Gasteiger partial charge in [-0.1, -0.05) is 176 Å². The molecule has 3 heteroatoms. The van der Waals surface area contributed by atoms with Crippen LogP contribution >= 0.6 is 11.3 Å². The molecule has 0 N–H and O–H groups in total. The second-order valence-corrected chi connectivity index (χ2v) is 17.4. The summed E-state index contributed by atoms with van der Waals surface area (Å²) < 4.78 is 2.66. The topological polar surface area (TPSA) is 25.8 Å². The van der Waals surface area contributed by atoms with Gasteiger partial charge in [-0.3, -0.25) is 0 Å². The fourth-order valence-corrected chi connectivity index (χ4v) is 10.7. The fourth-order valence-electron chi connectivity index (χ4n) is 9.54. The first-order valence-corrected chi connectivity index (χ1v) is 21.7. The summed E-state index contributed by atoms with van der Waals surface area (Å²) in [6.07, 6.45) is 0. The molecule has 0 bridgehead atoms. The molecular weight excluding hydrogens is 757 g/mol. The van der Waals surface area contributed by atoms with Gasteiger partial charge in [0.2, 0.25) is 0 Å². The first-order valence-electron chi connectivity index (χ1n) is 20.9. The standard InChI is InChI=1S/C58H38N2S/c1-58(46-14-6-3-7-15-46)51-18-10-8-16-47(51)48-30-29-45(34-52(48)58)54-36-53(59-57(60-54)39-12-4-2-5-13-39)38-22-20-37(21-23-38)40-24-25-42-33-43(27-26-41(42)32-40)44-28-31-50-49-17-9-11-19-55(49)61-56(50)35-44/h2-36H,1H3. The van der Waals surface area contributed by atoms with E-state index in [0.29, 0.717) is 5.82 Å². The molecule has 1 aliphatic carbocycles. The molecule has 1 atom stereocenters. The molecule has 0 spiro atoms. The highest BCUT2D eigenvalue weighted by molar-refractivity contribution is 7.25. The molecule has 286 valence electrons. The van der Waals surface area contributed by atoms with Crippen molar-refractivity contribution in [1.29, 1.82) is 0 Å². The lowest BCUT2D eigenvalue weighted by Gasteiger charge is -2.28. The lowest BCUT2D eigenvalue weighted by atomic mass is 9.74. The van der Waals surface area contributed by atoms with Gasteiger partial charge in [0.25, 0.3) is 0 Å². The Morgan fingerprint density at radius 3 is 1.70 bits per heavy atom. The number of nitrogens with zero attached hydrogens (tertiary/aromatic N) is 2. The normalized spacial score (nSPS) is 14.4. The van der Waals surface area contributed by atoms with E-state index >= 15 is 0 Å². The van der Waals surface area contributed by atoms with E-state index in [4.69, 9.17) is 9.97 Å². The van der Waals surface area contributed by atoms with Crippen LogP contribution in [0.1, 0.15) is 23.6 Å². The molecule has 0 fully saturated rings. The van der Waals surface area contributed by atoms with E-state index in [-0.39, 0.29) is 5.41 Å². The van der Waals surface area contributed by atoms with Gasteiger partial charge in [-0.05, 0) is 104 Å². The Labute approximate surface area is 359 Å². The van der Waals surface area contributed by atoms with Crippen molar-refractivity contribution in [3.05, 3.63) is 229 Å². The second-order valence-electron chi connectivity index (χ2n) is 16.3. The number of hydrogen-bond donors (Lipinski definition) is 0. The third-order valence-corrected chi connectivity index (χ3v) is 13.9. The second kappa shape index (κ2) is 14.1. The van der Waals surface area contributed by atoms with Crippen LogP contribution in [0, 0.1) is 0 Å². The Hall–Kier alpha value is -7.46. The molecular formula is C58H38N2S. The van der Waals surface area contributed by atoms with Crippen LogP contribution in [0.15, 0.2) is 212 Å². The number of hydrogen-bond acceptors (Lipinski definition) is 3. The average molecular weight is 795 g/mol. The molecule has 1 unspecified atom stereocenters. The molecule has 2 aromatic heterocycles. The largest absolute Gasteiger partial charge is 0.228 e. The Morgan fingerprint density at radius 2 is 0.918 bits per heavy atom. The van der Waals surface area contributed by atoms with Crippen molar-refractivity contribution in [1.82, 2.24) is 9.97 Å². The maximum atomic E-state index is 5.23.